The summed E-state index contributed by atoms with van der Waals surface area (Å²) in [5.74, 6) is -2.28. The van der Waals surface area contributed by atoms with Crippen molar-refractivity contribution < 1.29 is 29.4 Å². The summed E-state index contributed by atoms with van der Waals surface area (Å²) >= 11 is 0. The van der Waals surface area contributed by atoms with Crippen LogP contribution in [0.3, 0.4) is 0 Å². The third kappa shape index (κ3) is 11.1. The maximum absolute atomic E-state index is 13.4. The molecular formula is C39H50N2O6. The van der Waals surface area contributed by atoms with Gasteiger partial charge in [-0.05, 0) is 90.1 Å². The minimum Gasteiger partial charge on any atom is -0.478 e. The van der Waals surface area contributed by atoms with Crippen LogP contribution in [-0.4, -0.2) is 40.4 Å². The Balaban J connectivity index is 0.000000573. The van der Waals surface area contributed by atoms with Gasteiger partial charge in [-0.2, -0.15) is 0 Å². The predicted octanol–water partition coefficient (Wildman–Crippen LogP) is 9.23. The fourth-order valence-electron chi connectivity index (χ4n) is 5.66. The van der Waals surface area contributed by atoms with Crippen LogP contribution in [0.2, 0.25) is 0 Å². The SMILES string of the molecule is CCCCCCCCCON=C(C(=O)Nc1ccc(C(=O)O)cc1)c1ccc2c(c1)C(C)(C)CCC2(C)C.O=C(O)c1ccccc1. The molecule has 3 aromatic rings. The summed E-state index contributed by atoms with van der Waals surface area (Å²) in [5, 5.41) is 24.7. The molecule has 47 heavy (non-hydrogen) atoms. The van der Waals surface area contributed by atoms with Crippen molar-refractivity contribution in [1.82, 2.24) is 0 Å². The van der Waals surface area contributed by atoms with Crippen LogP contribution in [0.25, 0.3) is 0 Å². The zero-order valence-electron chi connectivity index (χ0n) is 28.5. The number of carboxylic acids is 2. The van der Waals surface area contributed by atoms with E-state index in [2.05, 4.69) is 57.2 Å². The minimum atomic E-state index is -1.01. The zero-order valence-corrected chi connectivity index (χ0v) is 28.5. The molecule has 0 fully saturated rings. The van der Waals surface area contributed by atoms with Crippen LogP contribution >= 0.6 is 0 Å². The van der Waals surface area contributed by atoms with Gasteiger partial charge < -0.3 is 20.4 Å². The van der Waals surface area contributed by atoms with Crippen LogP contribution < -0.4 is 5.32 Å². The highest BCUT2D eigenvalue weighted by Gasteiger charge is 2.37. The molecule has 252 valence electrons. The standard InChI is InChI=1S/C32H44N2O4.C7H6O2/c1-6-7-8-9-10-11-12-21-38-34-28(29(35)33-25-16-13-23(14-17-25)30(36)37)24-15-18-26-27(22-24)32(4,5)20-19-31(26,2)3;8-7(9)6-4-2-1-3-5-6/h13-18,22H,6-12,19-21H2,1-5H3,(H,33,35)(H,36,37);1-5H,(H,8,9). The lowest BCUT2D eigenvalue weighted by atomic mass is 9.63. The number of unbranched alkanes of at least 4 members (excludes halogenated alkanes) is 6. The van der Waals surface area contributed by atoms with Gasteiger partial charge in [0.1, 0.15) is 6.61 Å². The summed E-state index contributed by atoms with van der Waals surface area (Å²) in [6.07, 6.45) is 10.4. The molecule has 0 atom stereocenters. The van der Waals surface area contributed by atoms with E-state index in [-0.39, 0.29) is 28.0 Å². The van der Waals surface area contributed by atoms with E-state index in [0.717, 1.165) is 25.7 Å². The number of carbonyl (C=O) groups excluding carboxylic acids is 1. The Morgan fingerprint density at radius 2 is 1.23 bits per heavy atom. The minimum absolute atomic E-state index is 0.00620. The number of carboxylic acid groups (broad SMARTS) is 2. The second kappa shape index (κ2) is 17.5. The van der Waals surface area contributed by atoms with Crippen LogP contribution in [0.5, 0.6) is 0 Å². The molecule has 0 radical (unpaired) electrons. The van der Waals surface area contributed by atoms with E-state index in [9.17, 15) is 14.4 Å². The summed E-state index contributed by atoms with van der Waals surface area (Å²) in [7, 11) is 0. The van der Waals surface area contributed by atoms with Crippen LogP contribution in [0, 0.1) is 0 Å². The number of nitrogens with zero attached hydrogens (tertiary/aromatic N) is 1. The van der Waals surface area contributed by atoms with Gasteiger partial charge in [0, 0.05) is 11.3 Å². The molecule has 3 N–H and O–H groups in total. The van der Waals surface area contributed by atoms with Crippen LogP contribution in [0.15, 0.2) is 78.0 Å². The number of carbonyl (C=O) groups is 3. The van der Waals surface area contributed by atoms with Gasteiger partial charge in [0.25, 0.3) is 5.91 Å². The first kappa shape index (κ1) is 37.0. The molecule has 0 heterocycles. The Hall–Kier alpha value is -4.46. The van der Waals surface area contributed by atoms with Crippen molar-refractivity contribution in [3.05, 3.63) is 101 Å². The number of hydrogen-bond donors (Lipinski definition) is 3. The lowest BCUT2D eigenvalue weighted by Crippen LogP contribution is -2.34. The number of anilines is 1. The monoisotopic (exact) mass is 642 g/mol. The molecule has 1 aliphatic carbocycles. The molecule has 0 saturated heterocycles. The highest BCUT2D eigenvalue weighted by Crippen LogP contribution is 2.46. The molecular weight excluding hydrogens is 592 g/mol. The van der Waals surface area contributed by atoms with Crippen molar-refractivity contribution in [1.29, 1.82) is 0 Å². The highest BCUT2D eigenvalue weighted by molar-refractivity contribution is 6.48. The van der Waals surface area contributed by atoms with Gasteiger partial charge in [0.15, 0.2) is 5.71 Å². The summed E-state index contributed by atoms with van der Waals surface area (Å²) in [4.78, 5) is 40.5. The highest BCUT2D eigenvalue weighted by atomic mass is 16.6. The molecule has 3 aromatic carbocycles. The zero-order chi connectivity index (χ0) is 34.5. The largest absolute Gasteiger partial charge is 0.478 e. The second-order valence-corrected chi connectivity index (χ2v) is 13.4. The van der Waals surface area contributed by atoms with Gasteiger partial charge in [-0.1, -0.05) is 102 Å². The third-order valence-corrected chi connectivity index (χ3v) is 8.75. The number of amides is 1. The van der Waals surface area contributed by atoms with E-state index in [1.165, 1.54) is 55.4 Å². The number of oxime groups is 1. The van der Waals surface area contributed by atoms with Crippen molar-refractivity contribution in [2.75, 3.05) is 11.9 Å². The van der Waals surface area contributed by atoms with Crippen LogP contribution in [0.1, 0.15) is 130 Å². The normalized spacial score (nSPS) is 14.6. The average molecular weight is 643 g/mol. The first-order valence-corrected chi connectivity index (χ1v) is 16.6. The molecule has 0 aromatic heterocycles. The van der Waals surface area contributed by atoms with E-state index >= 15 is 0 Å². The molecule has 0 aliphatic heterocycles. The van der Waals surface area contributed by atoms with E-state index in [1.54, 1.807) is 42.5 Å². The van der Waals surface area contributed by atoms with E-state index in [0.29, 0.717) is 23.4 Å². The number of aromatic carboxylic acids is 2. The molecule has 0 unspecified atom stereocenters. The van der Waals surface area contributed by atoms with E-state index in [1.807, 2.05) is 6.07 Å². The van der Waals surface area contributed by atoms with Gasteiger partial charge in [-0.25, -0.2) is 9.59 Å². The lowest BCUT2D eigenvalue weighted by Gasteiger charge is -2.42. The van der Waals surface area contributed by atoms with Gasteiger partial charge in [0.05, 0.1) is 11.1 Å². The smallest absolute Gasteiger partial charge is 0.335 e. The predicted molar refractivity (Wildman–Crippen MR) is 188 cm³/mol. The quantitative estimate of drug-likeness (QED) is 0.0914. The molecule has 0 spiro atoms. The lowest BCUT2D eigenvalue weighted by molar-refractivity contribution is -0.110. The Bertz CT molecular complexity index is 1510. The topological polar surface area (TPSA) is 125 Å². The van der Waals surface area contributed by atoms with E-state index in [4.69, 9.17) is 15.1 Å². The number of fused-ring (bicyclic) bond motifs is 1. The summed E-state index contributed by atoms with van der Waals surface area (Å²) in [6.45, 7) is 11.7. The first-order chi connectivity index (χ1) is 22.4. The third-order valence-electron chi connectivity index (χ3n) is 8.75. The van der Waals surface area contributed by atoms with Gasteiger partial charge >= 0.3 is 11.9 Å². The fourth-order valence-corrected chi connectivity index (χ4v) is 5.66. The number of benzene rings is 3. The summed E-state index contributed by atoms with van der Waals surface area (Å²) in [5.41, 5.74) is 4.54. The number of nitrogens with one attached hydrogen (secondary N) is 1. The Morgan fingerprint density at radius 3 is 1.81 bits per heavy atom. The summed E-state index contributed by atoms with van der Waals surface area (Å²) < 4.78 is 0. The van der Waals surface area contributed by atoms with Crippen LogP contribution in [0.4, 0.5) is 5.69 Å². The van der Waals surface area contributed by atoms with Gasteiger partial charge in [-0.15, -0.1) is 0 Å². The summed E-state index contributed by atoms with van der Waals surface area (Å²) in [6, 6.07) is 20.6. The van der Waals surface area contributed by atoms with Gasteiger partial charge in [-0.3, -0.25) is 4.79 Å². The van der Waals surface area contributed by atoms with Crippen molar-refractivity contribution in [3.63, 3.8) is 0 Å². The Labute approximate surface area is 279 Å². The molecule has 0 saturated carbocycles. The molecule has 1 aliphatic rings. The molecule has 0 bridgehead atoms. The van der Waals surface area contributed by atoms with Crippen molar-refractivity contribution in [3.8, 4) is 0 Å². The Morgan fingerprint density at radius 1 is 0.702 bits per heavy atom. The molecule has 8 nitrogen and oxygen atoms in total. The van der Waals surface area contributed by atoms with Crippen molar-refractivity contribution in [2.45, 2.75) is 103 Å². The average Bonchev–Trinajstić information content (AvgIpc) is 3.05. The Kier molecular flexibility index (Phi) is 13.7. The fraction of sp³-hybridized carbons (Fsp3) is 0.436. The van der Waals surface area contributed by atoms with E-state index < -0.39 is 11.9 Å². The van der Waals surface area contributed by atoms with Crippen LogP contribution in [-0.2, 0) is 20.5 Å². The maximum atomic E-state index is 13.4. The molecule has 1 amide bonds. The first-order valence-electron chi connectivity index (χ1n) is 16.6. The number of hydrogen-bond acceptors (Lipinski definition) is 5. The molecule has 4 rings (SSSR count). The second-order valence-electron chi connectivity index (χ2n) is 13.4. The molecule has 8 heteroatoms. The van der Waals surface area contributed by atoms with Crippen molar-refractivity contribution >= 4 is 29.2 Å². The van der Waals surface area contributed by atoms with Crippen molar-refractivity contribution in [2.24, 2.45) is 5.16 Å². The maximum Gasteiger partial charge on any atom is 0.335 e. The van der Waals surface area contributed by atoms with Gasteiger partial charge in [0.2, 0.25) is 0 Å². The number of rotatable bonds is 14.